The van der Waals surface area contributed by atoms with Crippen LogP contribution in [0.1, 0.15) is 104 Å². The smallest absolute Gasteiger partial charge is 0.305 e. The Morgan fingerprint density at radius 1 is 0.438 bits per heavy atom. The summed E-state index contributed by atoms with van der Waals surface area (Å²) < 4.78 is 27.0. The van der Waals surface area contributed by atoms with Crippen LogP contribution in [0, 0.1) is 0 Å². The van der Waals surface area contributed by atoms with Crippen LogP contribution < -0.4 is 0 Å². The van der Waals surface area contributed by atoms with Crippen molar-refractivity contribution in [3.63, 3.8) is 0 Å². The Hall–Kier alpha value is -0.690. The van der Waals surface area contributed by atoms with E-state index in [-0.39, 0.29) is 5.97 Å². The maximum Gasteiger partial charge on any atom is 0.305 e. The summed E-state index contributed by atoms with van der Waals surface area (Å²) in [6.07, 6.45) is 17.0. The lowest BCUT2D eigenvalue weighted by molar-refractivity contribution is -0.145. The lowest BCUT2D eigenvalue weighted by Crippen LogP contribution is -2.14. The van der Waals surface area contributed by atoms with Crippen LogP contribution in [0.4, 0.5) is 0 Å². The number of rotatable bonds is 27. The molecule has 0 atom stereocenters. The van der Waals surface area contributed by atoms with Gasteiger partial charge in [0.2, 0.25) is 0 Å². The van der Waals surface area contributed by atoms with Gasteiger partial charge in [0.25, 0.3) is 0 Å². The van der Waals surface area contributed by atoms with Crippen LogP contribution in [-0.2, 0) is 28.5 Å². The molecule has 192 valence electrons. The fraction of sp³-hybridized carbons (Fsp3) is 0.962. The lowest BCUT2D eigenvalue weighted by atomic mass is 10.1. The molecule has 0 saturated carbocycles. The fourth-order valence-electron chi connectivity index (χ4n) is 3.26. The van der Waals surface area contributed by atoms with Crippen molar-refractivity contribution in [2.24, 2.45) is 0 Å². The van der Waals surface area contributed by atoms with Crippen LogP contribution in [0.5, 0.6) is 0 Å². The van der Waals surface area contributed by atoms with E-state index in [0.717, 1.165) is 32.3 Å². The van der Waals surface area contributed by atoms with Crippen molar-refractivity contribution in [1.82, 2.24) is 0 Å². The number of carbonyl (C=O) groups is 1. The van der Waals surface area contributed by atoms with Crippen LogP contribution in [0.25, 0.3) is 0 Å². The van der Waals surface area contributed by atoms with E-state index in [1.54, 1.807) is 0 Å². The molecule has 0 N–H and O–H groups in total. The summed E-state index contributed by atoms with van der Waals surface area (Å²) in [7, 11) is 0. The maximum absolute atomic E-state index is 11.4. The Morgan fingerprint density at radius 2 is 0.812 bits per heavy atom. The zero-order valence-corrected chi connectivity index (χ0v) is 21.2. The van der Waals surface area contributed by atoms with E-state index >= 15 is 0 Å². The van der Waals surface area contributed by atoms with E-state index in [9.17, 15) is 4.79 Å². The van der Waals surface area contributed by atoms with Crippen LogP contribution in [-0.4, -0.2) is 65.4 Å². The minimum Gasteiger partial charge on any atom is -0.463 e. The molecule has 0 unspecified atom stereocenters. The van der Waals surface area contributed by atoms with Gasteiger partial charge in [0.1, 0.15) is 6.61 Å². The number of hydrogen-bond donors (Lipinski definition) is 0. The van der Waals surface area contributed by atoms with E-state index in [0.29, 0.717) is 59.3 Å². The average molecular weight is 461 g/mol. The molecule has 0 spiro atoms. The topological polar surface area (TPSA) is 63.2 Å². The molecule has 0 amide bonds. The Morgan fingerprint density at radius 3 is 1.31 bits per heavy atom. The molecule has 0 fully saturated rings. The molecule has 0 heterocycles. The molecular formula is C26H52O6. The van der Waals surface area contributed by atoms with Crippen LogP contribution >= 0.6 is 0 Å². The zero-order valence-electron chi connectivity index (χ0n) is 21.2. The highest BCUT2D eigenvalue weighted by molar-refractivity contribution is 5.69. The summed E-state index contributed by atoms with van der Waals surface area (Å²) in [5.74, 6) is -0.136. The summed E-state index contributed by atoms with van der Waals surface area (Å²) in [6, 6.07) is 0. The third kappa shape index (κ3) is 27.3. The first-order valence-electron chi connectivity index (χ1n) is 13.3. The molecule has 0 aromatic rings. The minimum atomic E-state index is -0.136. The normalized spacial score (nSPS) is 11.2. The fourth-order valence-corrected chi connectivity index (χ4v) is 3.26. The highest BCUT2D eigenvalue weighted by Gasteiger charge is 2.01. The van der Waals surface area contributed by atoms with Gasteiger partial charge in [-0.05, 0) is 12.8 Å². The molecule has 0 radical (unpaired) electrons. The first kappa shape index (κ1) is 31.3. The number of hydrogen-bond acceptors (Lipinski definition) is 6. The molecule has 0 aliphatic carbocycles. The third-order valence-electron chi connectivity index (χ3n) is 5.23. The van der Waals surface area contributed by atoms with Crippen LogP contribution in [0.3, 0.4) is 0 Å². The Balaban J connectivity index is 3.06. The molecule has 0 aromatic carbocycles. The van der Waals surface area contributed by atoms with Crippen molar-refractivity contribution in [2.75, 3.05) is 59.5 Å². The second-order valence-corrected chi connectivity index (χ2v) is 8.31. The number of unbranched alkanes of at least 4 members (excludes halogenated alkanes) is 11. The first-order chi connectivity index (χ1) is 15.8. The van der Waals surface area contributed by atoms with Crippen molar-refractivity contribution in [3.8, 4) is 0 Å². The zero-order chi connectivity index (χ0) is 23.4. The third-order valence-corrected chi connectivity index (χ3v) is 5.23. The van der Waals surface area contributed by atoms with Crippen molar-refractivity contribution in [1.29, 1.82) is 0 Å². The van der Waals surface area contributed by atoms with Gasteiger partial charge in [-0.1, -0.05) is 84.5 Å². The average Bonchev–Trinajstić information content (AvgIpc) is 2.79. The van der Waals surface area contributed by atoms with E-state index in [1.165, 1.54) is 57.8 Å². The summed E-state index contributed by atoms with van der Waals surface area (Å²) in [4.78, 5) is 11.4. The van der Waals surface area contributed by atoms with Crippen molar-refractivity contribution in [3.05, 3.63) is 0 Å². The number of esters is 1. The molecule has 0 aliphatic heterocycles. The van der Waals surface area contributed by atoms with E-state index in [1.807, 2.05) is 0 Å². The highest BCUT2D eigenvalue weighted by Crippen LogP contribution is 2.10. The molecule has 0 aliphatic rings. The monoisotopic (exact) mass is 460 g/mol. The van der Waals surface area contributed by atoms with Gasteiger partial charge in [0, 0.05) is 13.0 Å². The summed E-state index contributed by atoms with van der Waals surface area (Å²) in [5.41, 5.74) is 0. The Kier molecular flexibility index (Phi) is 27.7. The minimum absolute atomic E-state index is 0.136. The standard InChI is InChI=1S/C26H52O6/c1-3-5-7-8-9-10-11-12-13-15-17-28-18-19-29-20-21-30-22-23-31-24-25-32-26(27)16-14-6-4-2/h3-25H2,1-2H3. The largest absolute Gasteiger partial charge is 0.463 e. The summed E-state index contributed by atoms with van der Waals surface area (Å²) in [6.45, 7) is 9.33. The SMILES string of the molecule is CCCCCCCCCCCCOCCOCCOCCOCCOC(=O)CCCCC. The van der Waals surface area contributed by atoms with Crippen LogP contribution in [0.15, 0.2) is 0 Å². The second kappa shape index (κ2) is 28.3. The molecular weight excluding hydrogens is 408 g/mol. The van der Waals surface area contributed by atoms with Gasteiger partial charge in [-0.15, -0.1) is 0 Å². The summed E-state index contributed by atoms with van der Waals surface area (Å²) >= 11 is 0. The Bertz CT molecular complexity index is 364. The Labute approximate surface area is 198 Å². The van der Waals surface area contributed by atoms with E-state index < -0.39 is 0 Å². The van der Waals surface area contributed by atoms with Gasteiger partial charge in [-0.2, -0.15) is 0 Å². The molecule has 0 saturated heterocycles. The van der Waals surface area contributed by atoms with Crippen molar-refractivity contribution < 1.29 is 28.5 Å². The molecule has 0 rings (SSSR count). The number of ether oxygens (including phenoxy) is 5. The van der Waals surface area contributed by atoms with Crippen LogP contribution in [0.2, 0.25) is 0 Å². The predicted molar refractivity (Wildman–Crippen MR) is 130 cm³/mol. The lowest BCUT2D eigenvalue weighted by Gasteiger charge is -2.08. The maximum atomic E-state index is 11.4. The van der Waals surface area contributed by atoms with Crippen molar-refractivity contribution in [2.45, 2.75) is 104 Å². The van der Waals surface area contributed by atoms with Gasteiger partial charge in [-0.3, -0.25) is 4.79 Å². The van der Waals surface area contributed by atoms with Gasteiger partial charge < -0.3 is 23.7 Å². The first-order valence-corrected chi connectivity index (χ1v) is 13.3. The van der Waals surface area contributed by atoms with Gasteiger partial charge in [0.05, 0.1) is 46.2 Å². The van der Waals surface area contributed by atoms with Gasteiger partial charge in [-0.25, -0.2) is 0 Å². The van der Waals surface area contributed by atoms with Gasteiger partial charge in [0.15, 0.2) is 0 Å². The molecule has 6 heteroatoms. The van der Waals surface area contributed by atoms with E-state index in [2.05, 4.69) is 13.8 Å². The molecule has 6 nitrogen and oxygen atoms in total. The molecule has 0 bridgehead atoms. The second-order valence-electron chi connectivity index (χ2n) is 8.31. The van der Waals surface area contributed by atoms with E-state index in [4.69, 9.17) is 23.7 Å². The quantitative estimate of drug-likeness (QED) is 0.109. The predicted octanol–water partition coefficient (Wildman–Crippen LogP) is 6.10. The molecule has 0 aromatic heterocycles. The van der Waals surface area contributed by atoms with Gasteiger partial charge >= 0.3 is 5.97 Å². The number of carbonyl (C=O) groups excluding carboxylic acids is 1. The highest BCUT2D eigenvalue weighted by atomic mass is 16.6. The van der Waals surface area contributed by atoms with Crippen molar-refractivity contribution >= 4 is 5.97 Å². The molecule has 32 heavy (non-hydrogen) atoms. The summed E-state index contributed by atoms with van der Waals surface area (Å²) in [5, 5.41) is 0.